The molecule has 2 heterocycles. The Kier molecular flexibility index (Phi) is 4.18. The molecule has 4 aromatic carbocycles. The van der Waals surface area contributed by atoms with Gasteiger partial charge >= 0.3 is 0 Å². The van der Waals surface area contributed by atoms with E-state index in [1.165, 1.54) is 21.9 Å². The Morgan fingerprint density at radius 3 is 1.88 bits per heavy atom. The number of para-hydroxylation sites is 3. The van der Waals surface area contributed by atoms with Crippen LogP contribution < -0.4 is 0 Å². The maximum atomic E-state index is 6.19. The summed E-state index contributed by atoms with van der Waals surface area (Å²) in [6.45, 7) is 4.15. The quantitative estimate of drug-likeness (QED) is 0.309. The first-order valence-corrected chi connectivity index (χ1v) is 10.7. The van der Waals surface area contributed by atoms with Gasteiger partial charge in [-0.3, -0.25) is 0 Å². The fourth-order valence-electron chi connectivity index (χ4n) is 4.58. The minimum Gasteiger partial charge on any atom is -0.416 e. The summed E-state index contributed by atoms with van der Waals surface area (Å²) in [5.41, 5.74) is 7.50. The second-order valence-electron chi connectivity index (χ2n) is 8.18. The Balaban J connectivity index is 1.57. The average Bonchev–Trinajstić information content (AvgIpc) is 3.42. The molecule has 0 bridgehead atoms. The smallest absolute Gasteiger partial charge is 0.250 e. The first kappa shape index (κ1) is 18.6. The van der Waals surface area contributed by atoms with Gasteiger partial charge in [0.05, 0.1) is 22.3 Å². The number of aromatic nitrogens is 3. The van der Waals surface area contributed by atoms with E-state index in [1.807, 2.05) is 18.2 Å². The Labute approximate surface area is 185 Å². The van der Waals surface area contributed by atoms with Gasteiger partial charge in [0, 0.05) is 16.3 Å². The predicted octanol–water partition coefficient (Wildman–Crippen LogP) is 7.12. The highest BCUT2D eigenvalue weighted by Gasteiger charge is 2.18. The molecule has 0 spiro atoms. The molecular weight excluding hydrogens is 394 g/mol. The molecular formula is C28H21N3O. The summed E-state index contributed by atoms with van der Waals surface area (Å²) in [6.07, 6.45) is 0. The van der Waals surface area contributed by atoms with Gasteiger partial charge in [0.25, 0.3) is 0 Å². The molecule has 2 aromatic heterocycles. The molecule has 0 radical (unpaired) electrons. The van der Waals surface area contributed by atoms with Crippen LogP contribution in [-0.2, 0) is 0 Å². The number of hydrogen-bond donors (Lipinski definition) is 0. The number of aryl methyl sites for hydroxylation is 2. The van der Waals surface area contributed by atoms with Crippen LogP contribution in [0.4, 0.5) is 0 Å². The SMILES string of the molecule is Cc1cc(C)cc(-c2nnc(-c3ccccc3-n3c4ccccc4c4ccccc43)o2)c1. The lowest BCUT2D eigenvalue weighted by Gasteiger charge is -2.11. The van der Waals surface area contributed by atoms with Crippen molar-refractivity contribution < 1.29 is 4.42 Å². The van der Waals surface area contributed by atoms with Crippen molar-refractivity contribution in [1.29, 1.82) is 0 Å². The topological polar surface area (TPSA) is 43.9 Å². The van der Waals surface area contributed by atoms with Crippen molar-refractivity contribution in [3.63, 3.8) is 0 Å². The molecule has 32 heavy (non-hydrogen) atoms. The van der Waals surface area contributed by atoms with Gasteiger partial charge in [0.2, 0.25) is 11.8 Å². The van der Waals surface area contributed by atoms with Gasteiger partial charge in [-0.25, -0.2) is 0 Å². The summed E-state index contributed by atoms with van der Waals surface area (Å²) in [5, 5.41) is 11.2. The lowest BCUT2D eigenvalue weighted by molar-refractivity contribution is 0.584. The number of rotatable bonds is 3. The standard InChI is InChI=1S/C28H21N3O/c1-18-15-19(2)17-20(16-18)27-29-30-28(32-27)23-11-5-8-14-26(23)31-24-12-6-3-9-21(24)22-10-4-7-13-25(22)31/h3-17H,1-2H3. The molecule has 0 unspecified atom stereocenters. The number of benzene rings is 4. The highest BCUT2D eigenvalue weighted by Crippen LogP contribution is 2.36. The van der Waals surface area contributed by atoms with Gasteiger partial charge in [-0.1, -0.05) is 65.7 Å². The second kappa shape index (κ2) is 7.20. The molecule has 0 aliphatic carbocycles. The van der Waals surface area contributed by atoms with Gasteiger partial charge < -0.3 is 8.98 Å². The maximum Gasteiger partial charge on any atom is 0.250 e. The molecule has 6 aromatic rings. The lowest BCUT2D eigenvalue weighted by atomic mass is 10.1. The highest BCUT2D eigenvalue weighted by atomic mass is 16.4. The zero-order valence-corrected chi connectivity index (χ0v) is 17.9. The van der Waals surface area contributed by atoms with E-state index in [2.05, 4.69) is 101 Å². The molecule has 0 saturated heterocycles. The third kappa shape index (κ3) is 2.92. The van der Waals surface area contributed by atoms with Crippen LogP contribution in [0, 0.1) is 13.8 Å². The molecule has 4 nitrogen and oxygen atoms in total. The summed E-state index contributed by atoms with van der Waals surface area (Å²) in [7, 11) is 0. The maximum absolute atomic E-state index is 6.19. The third-order valence-corrected chi connectivity index (χ3v) is 5.85. The molecule has 0 saturated carbocycles. The largest absolute Gasteiger partial charge is 0.416 e. The van der Waals surface area contributed by atoms with Crippen LogP contribution in [0.15, 0.2) is 95.4 Å². The summed E-state index contributed by atoms with van der Waals surface area (Å²) in [5.74, 6) is 1.04. The second-order valence-corrected chi connectivity index (χ2v) is 8.18. The zero-order valence-electron chi connectivity index (χ0n) is 17.9. The lowest BCUT2D eigenvalue weighted by Crippen LogP contribution is -1.97. The van der Waals surface area contributed by atoms with E-state index in [1.54, 1.807) is 0 Å². The highest BCUT2D eigenvalue weighted by molar-refractivity contribution is 6.09. The molecule has 6 rings (SSSR count). The van der Waals surface area contributed by atoms with Crippen molar-refractivity contribution in [2.75, 3.05) is 0 Å². The van der Waals surface area contributed by atoms with Gasteiger partial charge in [0.1, 0.15) is 0 Å². The van der Waals surface area contributed by atoms with Crippen molar-refractivity contribution in [2.24, 2.45) is 0 Å². The zero-order chi connectivity index (χ0) is 21.7. The van der Waals surface area contributed by atoms with E-state index in [0.717, 1.165) is 27.8 Å². The summed E-state index contributed by atoms with van der Waals surface area (Å²) in [4.78, 5) is 0. The summed E-state index contributed by atoms with van der Waals surface area (Å²) < 4.78 is 8.47. The van der Waals surface area contributed by atoms with E-state index in [0.29, 0.717) is 11.8 Å². The Morgan fingerprint density at radius 1 is 0.625 bits per heavy atom. The van der Waals surface area contributed by atoms with Crippen LogP contribution >= 0.6 is 0 Å². The minimum atomic E-state index is 0.511. The molecule has 0 N–H and O–H groups in total. The van der Waals surface area contributed by atoms with E-state index >= 15 is 0 Å². The van der Waals surface area contributed by atoms with Crippen molar-refractivity contribution in [3.05, 3.63) is 102 Å². The van der Waals surface area contributed by atoms with Crippen LogP contribution in [0.25, 0.3) is 50.4 Å². The molecule has 154 valence electrons. The normalized spacial score (nSPS) is 11.4. The van der Waals surface area contributed by atoms with Crippen LogP contribution in [0.5, 0.6) is 0 Å². The molecule has 0 atom stereocenters. The summed E-state index contributed by atoms with van der Waals surface area (Å²) in [6, 6.07) is 31.4. The van der Waals surface area contributed by atoms with Crippen LogP contribution in [0.3, 0.4) is 0 Å². The van der Waals surface area contributed by atoms with Crippen LogP contribution in [0.1, 0.15) is 11.1 Å². The van der Waals surface area contributed by atoms with Crippen LogP contribution in [-0.4, -0.2) is 14.8 Å². The first-order valence-electron chi connectivity index (χ1n) is 10.7. The van der Waals surface area contributed by atoms with Crippen molar-refractivity contribution >= 4 is 21.8 Å². The van der Waals surface area contributed by atoms with E-state index in [9.17, 15) is 0 Å². The average molecular weight is 415 g/mol. The van der Waals surface area contributed by atoms with Gasteiger partial charge in [-0.2, -0.15) is 0 Å². The van der Waals surface area contributed by atoms with Crippen LogP contribution in [0.2, 0.25) is 0 Å². The van der Waals surface area contributed by atoms with E-state index < -0.39 is 0 Å². The van der Waals surface area contributed by atoms with Crippen molar-refractivity contribution in [1.82, 2.24) is 14.8 Å². The molecule has 0 fully saturated rings. The molecule has 4 heteroatoms. The van der Waals surface area contributed by atoms with Gasteiger partial charge in [0.15, 0.2) is 0 Å². The molecule has 0 amide bonds. The monoisotopic (exact) mass is 415 g/mol. The first-order chi connectivity index (χ1) is 15.7. The Hall–Kier alpha value is -4.18. The predicted molar refractivity (Wildman–Crippen MR) is 129 cm³/mol. The van der Waals surface area contributed by atoms with Gasteiger partial charge in [-0.05, 0) is 50.2 Å². The fraction of sp³-hybridized carbons (Fsp3) is 0.0714. The third-order valence-electron chi connectivity index (χ3n) is 5.85. The number of nitrogens with zero attached hydrogens (tertiary/aromatic N) is 3. The number of fused-ring (bicyclic) bond motifs is 3. The molecule has 0 aliphatic heterocycles. The fourth-order valence-corrected chi connectivity index (χ4v) is 4.58. The molecule has 0 aliphatic rings. The van der Waals surface area contributed by atoms with E-state index in [-0.39, 0.29) is 0 Å². The Bertz CT molecular complexity index is 1530. The van der Waals surface area contributed by atoms with E-state index in [4.69, 9.17) is 4.42 Å². The van der Waals surface area contributed by atoms with Crippen molar-refractivity contribution in [3.8, 4) is 28.6 Å². The van der Waals surface area contributed by atoms with Gasteiger partial charge in [-0.15, -0.1) is 10.2 Å². The number of hydrogen-bond acceptors (Lipinski definition) is 3. The minimum absolute atomic E-state index is 0.511. The summed E-state index contributed by atoms with van der Waals surface area (Å²) >= 11 is 0. The van der Waals surface area contributed by atoms with Crippen molar-refractivity contribution in [2.45, 2.75) is 13.8 Å². The Morgan fingerprint density at radius 2 is 1.19 bits per heavy atom.